The number of carbonyl (C=O) groups excluding carboxylic acids is 1. The van der Waals surface area contributed by atoms with Gasteiger partial charge in [-0.15, -0.1) is 0 Å². The van der Waals surface area contributed by atoms with Crippen LogP contribution in [0.4, 0.5) is 0 Å². The molecular weight excluding hydrogens is 308 g/mol. The Labute approximate surface area is 155 Å². The second kappa shape index (κ2) is 16.4. The highest BCUT2D eigenvalue weighted by atomic mass is 16.3. The fraction of sp³-hybridized carbons (Fsp3) is 0.783. The fourth-order valence-electron chi connectivity index (χ4n) is 3.40. The molecule has 1 aromatic rings. The maximum Gasteiger partial charge on any atom is 0.166 e. The van der Waals surface area contributed by atoms with Crippen LogP contribution in [0.25, 0.3) is 0 Å². The average molecular weight is 349 g/mol. The van der Waals surface area contributed by atoms with E-state index in [9.17, 15) is 4.79 Å². The van der Waals surface area contributed by atoms with Crippen LogP contribution in [0, 0.1) is 0 Å². The Hall–Kier alpha value is -1.05. The summed E-state index contributed by atoms with van der Waals surface area (Å²) < 4.78 is 4.95. The lowest BCUT2D eigenvalue weighted by Gasteiger charge is -2.03. The van der Waals surface area contributed by atoms with Crippen LogP contribution in [-0.4, -0.2) is 5.78 Å². The van der Waals surface area contributed by atoms with Crippen LogP contribution in [0.5, 0.6) is 0 Å². The number of unbranched alkanes of at least 4 members (excludes halogenated alkanes) is 15. The summed E-state index contributed by atoms with van der Waals surface area (Å²) in [7, 11) is 0. The molecule has 0 saturated carbocycles. The lowest BCUT2D eigenvalue weighted by molar-refractivity contribution is 0.0978. The third-order valence-electron chi connectivity index (χ3n) is 5.10. The van der Waals surface area contributed by atoms with Crippen LogP contribution in [0.1, 0.15) is 126 Å². The van der Waals surface area contributed by atoms with Crippen LogP contribution in [0.15, 0.2) is 23.0 Å². The van der Waals surface area contributed by atoms with E-state index < -0.39 is 0 Å². The van der Waals surface area contributed by atoms with Gasteiger partial charge in [0.2, 0.25) is 0 Å². The minimum atomic E-state index is 0.221. The van der Waals surface area contributed by atoms with Gasteiger partial charge in [-0.05, 0) is 12.5 Å². The first-order valence-corrected chi connectivity index (χ1v) is 10.9. The van der Waals surface area contributed by atoms with Gasteiger partial charge >= 0.3 is 0 Å². The van der Waals surface area contributed by atoms with Gasteiger partial charge < -0.3 is 4.42 Å². The van der Waals surface area contributed by atoms with Crippen LogP contribution < -0.4 is 0 Å². The van der Waals surface area contributed by atoms with Gasteiger partial charge in [0.1, 0.15) is 6.26 Å². The van der Waals surface area contributed by atoms with Crippen LogP contribution in [0.3, 0.4) is 0 Å². The molecule has 2 nitrogen and oxygen atoms in total. The number of carbonyl (C=O) groups is 1. The summed E-state index contributed by atoms with van der Waals surface area (Å²) in [5, 5.41) is 0. The first kappa shape index (κ1) is 22.0. The minimum Gasteiger partial charge on any atom is -0.472 e. The number of hydrogen-bond acceptors (Lipinski definition) is 2. The molecule has 1 aromatic heterocycles. The Morgan fingerprint density at radius 3 is 1.56 bits per heavy atom. The van der Waals surface area contributed by atoms with E-state index in [1.807, 2.05) is 0 Å². The molecule has 0 atom stereocenters. The van der Waals surface area contributed by atoms with Gasteiger partial charge in [0, 0.05) is 6.42 Å². The van der Waals surface area contributed by atoms with Crippen molar-refractivity contribution >= 4 is 5.78 Å². The lowest BCUT2D eigenvalue weighted by Crippen LogP contribution is -1.96. The Morgan fingerprint density at radius 2 is 1.16 bits per heavy atom. The number of rotatable bonds is 18. The molecule has 0 aliphatic carbocycles. The maximum atomic E-state index is 11.8. The van der Waals surface area contributed by atoms with Crippen molar-refractivity contribution < 1.29 is 9.21 Å². The molecule has 144 valence electrons. The van der Waals surface area contributed by atoms with E-state index in [0.717, 1.165) is 12.0 Å². The Bertz CT molecular complexity index is 394. The second-order valence-corrected chi connectivity index (χ2v) is 7.49. The summed E-state index contributed by atoms with van der Waals surface area (Å²) in [4.78, 5) is 11.8. The molecule has 0 bridgehead atoms. The highest BCUT2D eigenvalue weighted by Gasteiger charge is 2.05. The molecule has 0 spiro atoms. The van der Waals surface area contributed by atoms with Crippen molar-refractivity contribution in [3.63, 3.8) is 0 Å². The molecule has 0 unspecified atom stereocenters. The Morgan fingerprint density at radius 1 is 0.720 bits per heavy atom. The van der Waals surface area contributed by atoms with E-state index in [-0.39, 0.29) is 5.78 Å². The molecule has 25 heavy (non-hydrogen) atoms. The Kier molecular flexibility index (Phi) is 14.4. The van der Waals surface area contributed by atoms with Crippen LogP contribution in [0.2, 0.25) is 0 Å². The molecule has 0 amide bonds. The largest absolute Gasteiger partial charge is 0.472 e. The Balaban J connectivity index is 1.73. The number of ketones is 1. The summed E-state index contributed by atoms with van der Waals surface area (Å²) >= 11 is 0. The molecule has 0 aliphatic rings. The molecule has 0 saturated heterocycles. The summed E-state index contributed by atoms with van der Waals surface area (Å²) in [6.07, 6.45) is 25.6. The van der Waals surface area contributed by atoms with Crippen molar-refractivity contribution in [2.24, 2.45) is 0 Å². The molecule has 0 fully saturated rings. The third-order valence-corrected chi connectivity index (χ3v) is 5.10. The predicted molar refractivity (Wildman–Crippen MR) is 107 cm³/mol. The zero-order valence-electron chi connectivity index (χ0n) is 16.6. The van der Waals surface area contributed by atoms with Crippen molar-refractivity contribution in [1.82, 2.24) is 0 Å². The van der Waals surface area contributed by atoms with E-state index >= 15 is 0 Å². The van der Waals surface area contributed by atoms with Gasteiger partial charge in [-0.25, -0.2) is 0 Å². The molecule has 0 aliphatic heterocycles. The lowest BCUT2D eigenvalue weighted by atomic mass is 10.0. The monoisotopic (exact) mass is 348 g/mol. The second-order valence-electron chi connectivity index (χ2n) is 7.49. The van der Waals surface area contributed by atoms with E-state index in [0.29, 0.717) is 6.42 Å². The van der Waals surface area contributed by atoms with Gasteiger partial charge in [-0.2, -0.15) is 0 Å². The van der Waals surface area contributed by atoms with Gasteiger partial charge in [-0.3, -0.25) is 4.79 Å². The highest BCUT2D eigenvalue weighted by Crippen LogP contribution is 2.14. The topological polar surface area (TPSA) is 30.2 Å². The standard InChI is InChI=1S/C23H40O2/c1-2-3-4-5-6-7-8-9-10-11-12-13-14-15-16-17-18-23(24)22-19-20-25-21-22/h19-21H,2-18H2,1H3. The highest BCUT2D eigenvalue weighted by molar-refractivity contribution is 5.95. The minimum absolute atomic E-state index is 0.221. The smallest absolute Gasteiger partial charge is 0.166 e. The first-order valence-electron chi connectivity index (χ1n) is 10.9. The SMILES string of the molecule is CCCCCCCCCCCCCCCCCCC(=O)c1ccoc1. The van der Waals surface area contributed by atoms with Crippen molar-refractivity contribution in [3.05, 3.63) is 24.2 Å². The van der Waals surface area contributed by atoms with Crippen molar-refractivity contribution in [3.8, 4) is 0 Å². The van der Waals surface area contributed by atoms with E-state index in [1.165, 1.54) is 96.3 Å². The summed E-state index contributed by atoms with van der Waals surface area (Å²) in [5.41, 5.74) is 0.723. The van der Waals surface area contributed by atoms with Gasteiger partial charge in [0.25, 0.3) is 0 Å². The fourth-order valence-corrected chi connectivity index (χ4v) is 3.40. The quantitative estimate of drug-likeness (QED) is 0.198. The molecule has 0 N–H and O–H groups in total. The predicted octanol–water partition coefficient (Wildman–Crippen LogP) is 8.11. The van der Waals surface area contributed by atoms with E-state index in [4.69, 9.17) is 4.42 Å². The molecule has 0 radical (unpaired) electrons. The van der Waals surface area contributed by atoms with Crippen LogP contribution in [-0.2, 0) is 0 Å². The van der Waals surface area contributed by atoms with Crippen molar-refractivity contribution in [1.29, 1.82) is 0 Å². The zero-order valence-corrected chi connectivity index (χ0v) is 16.6. The van der Waals surface area contributed by atoms with Gasteiger partial charge in [-0.1, -0.05) is 103 Å². The van der Waals surface area contributed by atoms with Crippen molar-refractivity contribution in [2.45, 2.75) is 116 Å². The summed E-state index contributed by atoms with van der Waals surface area (Å²) in [6, 6.07) is 1.76. The normalized spacial score (nSPS) is 11.1. The first-order chi connectivity index (χ1) is 12.3. The maximum absolute atomic E-state index is 11.8. The number of Topliss-reactive ketones (excluding diaryl/α,β-unsaturated/α-hetero) is 1. The molecule has 2 heteroatoms. The molecule has 1 rings (SSSR count). The summed E-state index contributed by atoms with van der Waals surface area (Å²) in [6.45, 7) is 2.28. The van der Waals surface area contributed by atoms with Crippen LogP contribution >= 0.6 is 0 Å². The molecule has 1 heterocycles. The van der Waals surface area contributed by atoms with E-state index in [1.54, 1.807) is 18.6 Å². The molecular formula is C23H40O2. The zero-order chi connectivity index (χ0) is 18.0. The number of hydrogen-bond donors (Lipinski definition) is 0. The van der Waals surface area contributed by atoms with Gasteiger partial charge in [0.15, 0.2) is 5.78 Å². The number of furan rings is 1. The van der Waals surface area contributed by atoms with E-state index in [2.05, 4.69) is 6.92 Å². The van der Waals surface area contributed by atoms with Crippen molar-refractivity contribution in [2.75, 3.05) is 0 Å². The molecule has 0 aromatic carbocycles. The third kappa shape index (κ3) is 12.9. The van der Waals surface area contributed by atoms with Gasteiger partial charge in [0.05, 0.1) is 11.8 Å². The average Bonchev–Trinajstić information content (AvgIpc) is 3.16. The summed E-state index contributed by atoms with van der Waals surface area (Å²) in [5.74, 6) is 0.221.